The van der Waals surface area contributed by atoms with Crippen LogP contribution in [0.5, 0.6) is 0 Å². The van der Waals surface area contributed by atoms with Gasteiger partial charge in [0.15, 0.2) is 0 Å². The monoisotopic (exact) mass is 309 g/mol. The van der Waals surface area contributed by atoms with Gasteiger partial charge in [-0.25, -0.2) is 4.79 Å². The van der Waals surface area contributed by atoms with Crippen LogP contribution in [0, 0.1) is 0 Å². The van der Waals surface area contributed by atoms with E-state index in [2.05, 4.69) is 21.2 Å². The standard InChI is InChI=1S/C12H8BrNO4/c13-8-1-2-9(12(16)17)10(5-8)14-11(15)7-3-4-18-6-7/h1-6H,(H,14,15)(H,16,17). The van der Waals surface area contributed by atoms with Crippen LogP contribution >= 0.6 is 15.9 Å². The molecule has 0 radical (unpaired) electrons. The summed E-state index contributed by atoms with van der Waals surface area (Å²) in [6.07, 6.45) is 2.65. The van der Waals surface area contributed by atoms with Gasteiger partial charge in [-0.1, -0.05) is 15.9 Å². The van der Waals surface area contributed by atoms with Crippen molar-refractivity contribution in [3.05, 3.63) is 52.4 Å². The average molecular weight is 310 g/mol. The van der Waals surface area contributed by atoms with Gasteiger partial charge in [-0.15, -0.1) is 0 Å². The summed E-state index contributed by atoms with van der Waals surface area (Å²) < 4.78 is 5.46. The SMILES string of the molecule is O=C(Nc1cc(Br)ccc1C(=O)O)c1ccoc1. The maximum Gasteiger partial charge on any atom is 0.337 e. The molecule has 0 aliphatic rings. The average Bonchev–Trinajstić information content (AvgIpc) is 2.81. The lowest BCUT2D eigenvalue weighted by Crippen LogP contribution is -2.14. The highest BCUT2D eigenvalue weighted by atomic mass is 79.9. The van der Waals surface area contributed by atoms with Crippen molar-refractivity contribution in [3.63, 3.8) is 0 Å². The van der Waals surface area contributed by atoms with Crippen LogP contribution in [0.4, 0.5) is 5.69 Å². The zero-order valence-electron chi connectivity index (χ0n) is 9.01. The molecule has 6 heteroatoms. The van der Waals surface area contributed by atoms with Crippen LogP contribution in [0.1, 0.15) is 20.7 Å². The van der Waals surface area contributed by atoms with Gasteiger partial charge in [0.1, 0.15) is 6.26 Å². The molecule has 0 atom stereocenters. The Balaban J connectivity index is 2.31. The van der Waals surface area contributed by atoms with E-state index in [1.54, 1.807) is 6.07 Å². The van der Waals surface area contributed by atoms with Crippen molar-refractivity contribution in [2.75, 3.05) is 5.32 Å². The first-order valence-electron chi connectivity index (χ1n) is 4.94. The highest BCUT2D eigenvalue weighted by molar-refractivity contribution is 9.10. The van der Waals surface area contributed by atoms with Crippen LogP contribution in [-0.2, 0) is 0 Å². The number of nitrogens with one attached hydrogen (secondary N) is 1. The predicted octanol–water partition coefficient (Wildman–Crippen LogP) is 2.99. The number of halogens is 1. The first kappa shape index (κ1) is 12.4. The van der Waals surface area contributed by atoms with E-state index in [4.69, 9.17) is 9.52 Å². The van der Waals surface area contributed by atoms with Gasteiger partial charge in [0.05, 0.1) is 23.1 Å². The molecule has 0 unspecified atom stereocenters. The molecular weight excluding hydrogens is 302 g/mol. The number of carboxylic acids is 1. The lowest BCUT2D eigenvalue weighted by molar-refractivity contribution is 0.0698. The largest absolute Gasteiger partial charge is 0.478 e. The second-order valence-corrected chi connectivity index (χ2v) is 4.38. The topological polar surface area (TPSA) is 79.5 Å². The Kier molecular flexibility index (Phi) is 3.47. The smallest absolute Gasteiger partial charge is 0.337 e. The number of amides is 1. The van der Waals surface area contributed by atoms with E-state index >= 15 is 0 Å². The van der Waals surface area contributed by atoms with Crippen LogP contribution < -0.4 is 5.32 Å². The lowest BCUT2D eigenvalue weighted by Gasteiger charge is -2.07. The fraction of sp³-hybridized carbons (Fsp3) is 0. The van der Waals surface area contributed by atoms with Crippen LogP contribution in [0.25, 0.3) is 0 Å². The van der Waals surface area contributed by atoms with E-state index in [1.807, 2.05) is 0 Å². The predicted molar refractivity (Wildman–Crippen MR) is 67.8 cm³/mol. The van der Waals surface area contributed by atoms with Gasteiger partial charge in [0, 0.05) is 4.47 Å². The molecular formula is C12H8BrNO4. The minimum absolute atomic E-state index is 0.0232. The van der Waals surface area contributed by atoms with Gasteiger partial charge >= 0.3 is 5.97 Å². The number of anilines is 1. The molecule has 0 aliphatic carbocycles. The molecule has 0 saturated carbocycles. The van der Waals surface area contributed by atoms with Crippen molar-refractivity contribution in [2.24, 2.45) is 0 Å². The van der Waals surface area contributed by atoms with Gasteiger partial charge in [0.25, 0.3) is 5.91 Å². The zero-order valence-corrected chi connectivity index (χ0v) is 10.6. The van der Waals surface area contributed by atoms with E-state index in [0.717, 1.165) is 0 Å². The summed E-state index contributed by atoms with van der Waals surface area (Å²) >= 11 is 3.22. The summed E-state index contributed by atoms with van der Waals surface area (Å²) in [7, 11) is 0. The Morgan fingerprint density at radius 1 is 1.28 bits per heavy atom. The fourth-order valence-corrected chi connectivity index (χ4v) is 1.76. The second-order valence-electron chi connectivity index (χ2n) is 3.46. The number of aromatic carboxylic acids is 1. The minimum Gasteiger partial charge on any atom is -0.478 e. The van der Waals surface area contributed by atoms with Crippen molar-refractivity contribution in [1.82, 2.24) is 0 Å². The molecule has 0 bridgehead atoms. The van der Waals surface area contributed by atoms with E-state index in [9.17, 15) is 9.59 Å². The van der Waals surface area contributed by atoms with Crippen LogP contribution in [-0.4, -0.2) is 17.0 Å². The number of benzene rings is 1. The summed E-state index contributed by atoms with van der Waals surface area (Å²) in [6.45, 7) is 0. The van der Waals surface area contributed by atoms with E-state index in [1.165, 1.54) is 30.7 Å². The van der Waals surface area contributed by atoms with Crippen molar-refractivity contribution < 1.29 is 19.1 Å². The van der Waals surface area contributed by atoms with Gasteiger partial charge in [0.2, 0.25) is 0 Å². The Labute approximate surface area is 111 Å². The third kappa shape index (κ3) is 2.60. The highest BCUT2D eigenvalue weighted by Crippen LogP contribution is 2.22. The molecule has 2 N–H and O–H groups in total. The molecule has 0 aliphatic heterocycles. The normalized spacial score (nSPS) is 10.1. The minimum atomic E-state index is -1.11. The van der Waals surface area contributed by atoms with E-state index < -0.39 is 11.9 Å². The van der Waals surface area contributed by atoms with Crippen LogP contribution in [0.3, 0.4) is 0 Å². The summed E-state index contributed by atoms with van der Waals surface area (Å²) in [5.41, 5.74) is 0.574. The van der Waals surface area contributed by atoms with Crippen molar-refractivity contribution in [2.45, 2.75) is 0 Å². The summed E-state index contributed by atoms with van der Waals surface area (Å²) in [4.78, 5) is 22.8. The molecule has 1 amide bonds. The highest BCUT2D eigenvalue weighted by Gasteiger charge is 2.14. The second kappa shape index (κ2) is 5.05. The quantitative estimate of drug-likeness (QED) is 0.913. The summed E-state index contributed by atoms with van der Waals surface area (Å²) in [5.74, 6) is -1.53. The summed E-state index contributed by atoms with van der Waals surface area (Å²) in [5, 5.41) is 11.5. The van der Waals surface area contributed by atoms with Gasteiger partial charge in [-0.05, 0) is 24.3 Å². The third-order valence-electron chi connectivity index (χ3n) is 2.24. The number of carboxylic acid groups (broad SMARTS) is 1. The number of furan rings is 1. The Hall–Kier alpha value is -2.08. The number of carbonyl (C=O) groups is 2. The maximum absolute atomic E-state index is 11.8. The molecule has 18 heavy (non-hydrogen) atoms. The Bertz CT molecular complexity index is 592. The lowest BCUT2D eigenvalue weighted by atomic mass is 10.1. The van der Waals surface area contributed by atoms with Crippen molar-refractivity contribution in [3.8, 4) is 0 Å². The molecule has 0 spiro atoms. The van der Waals surface area contributed by atoms with Gasteiger partial charge < -0.3 is 14.8 Å². The van der Waals surface area contributed by atoms with E-state index in [0.29, 0.717) is 10.0 Å². The number of hydrogen-bond donors (Lipinski definition) is 2. The molecule has 1 heterocycles. The Morgan fingerprint density at radius 2 is 2.06 bits per heavy atom. The maximum atomic E-state index is 11.8. The van der Waals surface area contributed by atoms with Crippen LogP contribution in [0.2, 0.25) is 0 Å². The fourth-order valence-electron chi connectivity index (χ4n) is 1.39. The zero-order chi connectivity index (χ0) is 13.1. The van der Waals surface area contributed by atoms with Crippen molar-refractivity contribution in [1.29, 1.82) is 0 Å². The number of carbonyl (C=O) groups excluding carboxylic acids is 1. The summed E-state index contributed by atoms with van der Waals surface area (Å²) in [6, 6.07) is 6.03. The molecule has 0 fully saturated rings. The first-order chi connectivity index (χ1) is 8.58. The molecule has 5 nitrogen and oxygen atoms in total. The van der Waals surface area contributed by atoms with E-state index in [-0.39, 0.29) is 11.3 Å². The first-order valence-corrected chi connectivity index (χ1v) is 5.73. The Morgan fingerprint density at radius 3 is 2.67 bits per heavy atom. The van der Waals surface area contributed by atoms with Gasteiger partial charge in [-0.3, -0.25) is 4.79 Å². The molecule has 1 aromatic carbocycles. The molecule has 0 saturated heterocycles. The number of hydrogen-bond acceptors (Lipinski definition) is 3. The third-order valence-corrected chi connectivity index (χ3v) is 2.74. The number of rotatable bonds is 3. The van der Waals surface area contributed by atoms with Gasteiger partial charge in [-0.2, -0.15) is 0 Å². The van der Waals surface area contributed by atoms with Crippen LogP contribution in [0.15, 0.2) is 45.7 Å². The molecule has 1 aromatic heterocycles. The van der Waals surface area contributed by atoms with Crippen molar-refractivity contribution >= 4 is 33.5 Å². The molecule has 2 aromatic rings. The molecule has 92 valence electrons. The molecule has 2 rings (SSSR count).